The maximum atomic E-state index is 13.4. The fraction of sp³-hybridized carbons (Fsp3) is 1.00. The topological polar surface area (TPSA) is 66.4 Å². The van der Waals surface area contributed by atoms with E-state index in [1.54, 1.807) is 0 Å². The number of hydrogen-bond donors (Lipinski definition) is 2. The average Bonchev–Trinajstić information content (AvgIpc) is 2.57. The molecule has 0 radical (unpaired) electrons. The zero-order valence-electron chi connectivity index (χ0n) is 14.8. The molecule has 7 unspecified atom stereocenters. The molecule has 0 aliphatic carbocycles. The lowest BCUT2D eigenvalue weighted by atomic mass is 9.98. The van der Waals surface area contributed by atoms with Gasteiger partial charge in [0.15, 0.2) is 37.0 Å². The Hall–Kier alpha value is -0.690. The van der Waals surface area contributed by atoms with Crippen molar-refractivity contribution in [2.45, 2.75) is 62.5 Å². The lowest BCUT2D eigenvalue weighted by Crippen LogP contribution is -2.46. The van der Waals surface area contributed by atoms with Crippen molar-refractivity contribution >= 4 is 10.1 Å². The molecule has 0 fully saturated rings. The van der Waals surface area contributed by atoms with Crippen LogP contribution in [0.5, 0.6) is 0 Å². The molecule has 0 amide bonds. The van der Waals surface area contributed by atoms with E-state index in [1.807, 2.05) is 14.1 Å². The van der Waals surface area contributed by atoms with Gasteiger partial charge in [-0.15, -0.1) is 0 Å². The number of unbranched alkanes of at least 4 members (excludes halogenated alkanes) is 1. The third kappa shape index (κ3) is 12.4. The third-order valence-corrected chi connectivity index (χ3v) is 3.88. The maximum absolute atomic E-state index is 13.4. The van der Waals surface area contributed by atoms with E-state index in [9.17, 15) is 43.5 Å². The van der Waals surface area contributed by atoms with Gasteiger partial charge in [0.2, 0.25) is 0 Å². The number of rotatable bonds is 12. The molecular formula is C14H25F8NO3S. The Morgan fingerprint density at radius 3 is 1.52 bits per heavy atom. The molecule has 0 aromatic rings. The lowest BCUT2D eigenvalue weighted by molar-refractivity contribution is -0.0336. The van der Waals surface area contributed by atoms with Crippen molar-refractivity contribution < 1.29 is 48.1 Å². The van der Waals surface area contributed by atoms with Gasteiger partial charge in [-0.05, 0) is 33.4 Å². The first kappa shape index (κ1) is 28.5. The van der Waals surface area contributed by atoms with Crippen molar-refractivity contribution in [3.63, 3.8) is 0 Å². The minimum atomic E-state index is -5.05. The summed E-state index contributed by atoms with van der Waals surface area (Å²) in [7, 11) is -1.30. The molecule has 0 aromatic carbocycles. The second-order valence-corrected chi connectivity index (χ2v) is 7.18. The highest BCUT2D eigenvalue weighted by Crippen LogP contribution is 2.27. The van der Waals surface area contributed by atoms with Crippen LogP contribution in [0.15, 0.2) is 0 Å². The molecule has 0 saturated heterocycles. The Bertz CT molecular complexity index is 473. The minimum absolute atomic E-state index is 0.152. The summed E-state index contributed by atoms with van der Waals surface area (Å²) in [5.74, 6) is -1.91. The summed E-state index contributed by atoms with van der Waals surface area (Å²) < 4.78 is 134. The van der Waals surface area contributed by atoms with Gasteiger partial charge in [-0.1, -0.05) is 0 Å². The molecule has 4 nitrogen and oxygen atoms in total. The van der Waals surface area contributed by atoms with Crippen molar-refractivity contribution in [3.05, 3.63) is 0 Å². The van der Waals surface area contributed by atoms with Crippen LogP contribution in [0.25, 0.3) is 0 Å². The number of alkyl halides is 8. The van der Waals surface area contributed by atoms with Crippen LogP contribution in [0.4, 0.5) is 35.1 Å². The monoisotopic (exact) mass is 439 g/mol. The van der Waals surface area contributed by atoms with Gasteiger partial charge in [0.25, 0.3) is 10.1 Å². The Balaban J connectivity index is 0. The van der Waals surface area contributed by atoms with E-state index in [1.165, 1.54) is 0 Å². The Morgan fingerprint density at radius 1 is 0.778 bits per heavy atom. The first-order valence-corrected chi connectivity index (χ1v) is 9.53. The minimum Gasteiger partial charge on any atom is -0.323 e. The van der Waals surface area contributed by atoms with Gasteiger partial charge in [-0.2, -0.15) is 8.42 Å². The quantitative estimate of drug-likeness (QED) is 0.279. The summed E-state index contributed by atoms with van der Waals surface area (Å²) >= 11 is 0. The number of halogens is 8. The second-order valence-electron chi connectivity index (χ2n) is 5.69. The zero-order chi connectivity index (χ0) is 21.8. The smallest absolute Gasteiger partial charge is 0.267 e. The standard InChI is InChI=1S/C12H18F8O3S.C2H7N/c13-4-2-1-3-6(14)8(16)10(18)12(20)11(19)9(17)7(15)5-24(21,22)23;1-3-2/h6-12H,1-5H2,(H,21,22,23);3H,1-2H3. The van der Waals surface area contributed by atoms with Crippen molar-refractivity contribution in [2.75, 3.05) is 26.5 Å². The summed E-state index contributed by atoms with van der Waals surface area (Å²) in [6.45, 7) is -0.837. The molecule has 166 valence electrons. The SMILES string of the molecule is CNC.O=S(=O)(O)CC(F)C(F)C(F)C(F)C(F)C(F)C(F)CCCCF. The van der Waals surface area contributed by atoms with Gasteiger partial charge in [0.05, 0.1) is 6.67 Å². The highest BCUT2D eigenvalue weighted by molar-refractivity contribution is 7.85. The van der Waals surface area contributed by atoms with Gasteiger partial charge < -0.3 is 5.32 Å². The van der Waals surface area contributed by atoms with E-state index < -0.39 is 72.2 Å². The molecule has 0 aromatic heterocycles. The van der Waals surface area contributed by atoms with Crippen LogP contribution in [-0.4, -0.2) is 82.7 Å². The summed E-state index contributed by atoms with van der Waals surface area (Å²) in [4.78, 5) is 0. The van der Waals surface area contributed by atoms with Crippen LogP contribution in [0.1, 0.15) is 19.3 Å². The van der Waals surface area contributed by atoms with Crippen molar-refractivity contribution in [2.24, 2.45) is 0 Å². The molecule has 0 aliphatic heterocycles. The molecule has 0 rings (SSSR count). The number of nitrogens with one attached hydrogen (secondary N) is 1. The molecule has 0 bridgehead atoms. The third-order valence-electron chi connectivity index (χ3n) is 3.14. The van der Waals surface area contributed by atoms with Gasteiger partial charge in [-0.25, -0.2) is 30.7 Å². The molecule has 0 spiro atoms. The Morgan fingerprint density at radius 2 is 1.15 bits per heavy atom. The Kier molecular flexibility index (Phi) is 15.1. The molecule has 27 heavy (non-hydrogen) atoms. The normalized spacial score (nSPS) is 19.8. The van der Waals surface area contributed by atoms with Crippen molar-refractivity contribution in [1.29, 1.82) is 0 Å². The summed E-state index contributed by atoms with van der Waals surface area (Å²) in [6, 6.07) is 0. The molecule has 0 saturated carbocycles. The molecule has 0 aliphatic rings. The van der Waals surface area contributed by atoms with E-state index >= 15 is 0 Å². The number of hydrogen-bond acceptors (Lipinski definition) is 3. The summed E-state index contributed by atoms with van der Waals surface area (Å²) in [5, 5.41) is 2.75. The highest BCUT2D eigenvalue weighted by Gasteiger charge is 2.46. The molecule has 13 heteroatoms. The molecule has 0 heterocycles. The van der Waals surface area contributed by atoms with E-state index in [0.717, 1.165) is 0 Å². The average molecular weight is 439 g/mol. The zero-order valence-corrected chi connectivity index (χ0v) is 15.6. The lowest BCUT2D eigenvalue weighted by Gasteiger charge is -2.25. The summed E-state index contributed by atoms with van der Waals surface area (Å²) in [6.07, 6.45) is -24.3. The van der Waals surface area contributed by atoms with Gasteiger partial charge >= 0.3 is 0 Å². The van der Waals surface area contributed by atoms with Gasteiger partial charge in [0.1, 0.15) is 11.9 Å². The first-order chi connectivity index (χ1) is 12.3. The molecule has 7 atom stereocenters. The van der Waals surface area contributed by atoms with Crippen LogP contribution >= 0.6 is 0 Å². The van der Waals surface area contributed by atoms with Crippen molar-refractivity contribution in [3.8, 4) is 0 Å². The Labute approximate surface area is 153 Å². The largest absolute Gasteiger partial charge is 0.323 e. The maximum Gasteiger partial charge on any atom is 0.267 e. The second kappa shape index (κ2) is 14.3. The fourth-order valence-corrected chi connectivity index (χ4v) is 2.40. The van der Waals surface area contributed by atoms with E-state index in [4.69, 9.17) is 4.55 Å². The predicted octanol–water partition coefficient (Wildman–Crippen LogP) is 3.22. The first-order valence-electron chi connectivity index (χ1n) is 7.92. The summed E-state index contributed by atoms with van der Waals surface area (Å²) in [5.41, 5.74) is 0. The van der Waals surface area contributed by atoms with E-state index in [0.29, 0.717) is 0 Å². The van der Waals surface area contributed by atoms with Crippen molar-refractivity contribution in [1.82, 2.24) is 5.32 Å². The van der Waals surface area contributed by atoms with Crippen LogP contribution in [-0.2, 0) is 10.1 Å². The van der Waals surface area contributed by atoms with Crippen LogP contribution < -0.4 is 5.32 Å². The van der Waals surface area contributed by atoms with Gasteiger partial charge in [-0.3, -0.25) is 8.94 Å². The van der Waals surface area contributed by atoms with Crippen LogP contribution in [0.2, 0.25) is 0 Å². The van der Waals surface area contributed by atoms with E-state index in [-0.39, 0.29) is 12.8 Å². The van der Waals surface area contributed by atoms with Crippen LogP contribution in [0, 0.1) is 0 Å². The molecular weight excluding hydrogens is 414 g/mol. The van der Waals surface area contributed by atoms with Crippen LogP contribution in [0.3, 0.4) is 0 Å². The highest BCUT2D eigenvalue weighted by atomic mass is 32.2. The van der Waals surface area contributed by atoms with E-state index in [2.05, 4.69) is 5.32 Å². The molecule has 2 N–H and O–H groups in total. The predicted molar refractivity (Wildman–Crippen MR) is 85.5 cm³/mol. The van der Waals surface area contributed by atoms with Gasteiger partial charge in [0, 0.05) is 0 Å². The fourth-order valence-electron chi connectivity index (χ4n) is 1.81.